The van der Waals surface area contributed by atoms with E-state index in [0.717, 1.165) is 16.8 Å². The lowest BCUT2D eigenvalue weighted by Gasteiger charge is -2.10. The molecule has 0 saturated carbocycles. The van der Waals surface area contributed by atoms with Gasteiger partial charge in [0.1, 0.15) is 0 Å². The zero-order valence-electron chi connectivity index (χ0n) is 12.5. The van der Waals surface area contributed by atoms with Crippen molar-refractivity contribution in [3.63, 3.8) is 0 Å². The molecular weight excluding hydrogens is 272 g/mol. The predicted octanol–water partition coefficient (Wildman–Crippen LogP) is 3.72. The Kier molecular flexibility index (Phi) is 4.05. The van der Waals surface area contributed by atoms with Gasteiger partial charge >= 0.3 is 0 Å². The molecule has 0 unspecified atom stereocenters. The summed E-state index contributed by atoms with van der Waals surface area (Å²) in [6.45, 7) is 2.58. The fourth-order valence-corrected chi connectivity index (χ4v) is 2.40. The third kappa shape index (κ3) is 3.09. The molecule has 1 N–H and O–H groups in total. The highest BCUT2D eigenvalue weighted by atomic mass is 16.1. The van der Waals surface area contributed by atoms with Gasteiger partial charge in [0.2, 0.25) is 0 Å². The Balaban J connectivity index is 1.77. The number of amides is 1. The molecule has 0 aliphatic carbocycles. The molecule has 0 spiro atoms. The second-order valence-corrected chi connectivity index (χ2v) is 5.26. The smallest absolute Gasteiger partial charge is 0.251 e. The van der Waals surface area contributed by atoms with E-state index in [2.05, 4.69) is 5.32 Å². The Morgan fingerprint density at radius 2 is 1.73 bits per heavy atom. The van der Waals surface area contributed by atoms with Crippen LogP contribution in [-0.4, -0.2) is 10.5 Å². The van der Waals surface area contributed by atoms with Gasteiger partial charge in [-0.05, 0) is 42.3 Å². The summed E-state index contributed by atoms with van der Waals surface area (Å²) in [4.78, 5) is 12.3. The van der Waals surface area contributed by atoms with Crippen LogP contribution in [0, 0.1) is 6.92 Å². The van der Waals surface area contributed by atoms with Gasteiger partial charge in [-0.15, -0.1) is 0 Å². The number of hydrogen-bond donors (Lipinski definition) is 1. The second-order valence-electron chi connectivity index (χ2n) is 5.26. The van der Waals surface area contributed by atoms with E-state index < -0.39 is 0 Å². The van der Waals surface area contributed by atoms with Crippen LogP contribution in [0.2, 0.25) is 0 Å². The summed E-state index contributed by atoms with van der Waals surface area (Å²) < 4.78 is 2.02. The number of hydrogen-bond acceptors (Lipinski definition) is 1. The van der Waals surface area contributed by atoms with E-state index in [1.54, 1.807) is 0 Å². The fourth-order valence-electron chi connectivity index (χ4n) is 2.40. The van der Waals surface area contributed by atoms with Crippen molar-refractivity contribution in [3.8, 4) is 5.69 Å². The third-order valence-electron chi connectivity index (χ3n) is 3.65. The van der Waals surface area contributed by atoms with E-state index in [4.69, 9.17) is 0 Å². The molecular formula is C19H18N2O. The molecule has 22 heavy (non-hydrogen) atoms. The molecule has 3 rings (SSSR count). The Hall–Kier alpha value is -2.81. The number of nitrogens with zero attached hydrogens (tertiary/aromatic N) is 1. The normalized spacial score (nSPS) is 10.4. The van der Waals surface area contributed by atoms with Gasteiger partial charge in [0.25, 0.3) is 5.91 Å². The van der Waals surface area contributed by atoms with Crippen molar-refractivity contribution in [2.24, 2.45) is 0 Å². The first kappa shape index (κ1) is 14.1. The maximum Gasteiger partial charge on any atom is 0.251 e. The molecule has 3 aromatic rings. The molecule has 0 bridgehead atoms. The van der Waals surface area contributed by atoms with Crippen molar-refractivity contribution in [1.82, 2.24) is 9.88 Å². The minimum Gasteiger partial charge on any atom is -0.348 e. The van der Waals surface area contributed by atoms with E-state index in [9.17, 15) is 4.79 Å². The maximum absolute atomic E-state index is 12.3. The number of nitrogens with one attached hydrogen (secondary N) is 1. The zero-order chi connectivity index (χ0) is 15.4. The average Bonchev–Trinajstić information content (AvgIpc) is 3.08. The molecule has 3 nitrogen and oxygen atoms in total. The summed E-state index contributed by atoms with van der Waals surface area (Å²) in [7, 11) is 0. The average molecular weight is 290 g/mol. The number of aryl methyl sites for hydroxylation is 1. The van der Waals surface area contributed by atoms with Crippen LogP contribution < -0.4 is 5.32 Å². The van der Waals surface area contributed by atoms with E-state index in [0.29, 0.717) is 12.1 Å². The topological polar surface area (TPSA) is 34.0 Å². The summed E-state index contributed by atoms with van der Waals surface area (Å²) in [5, 5.41) is 2.96. The van der Waals surface area contributed by atoms with Crippen molar-refractivity contribution in [2.45, 2.75) is 13.5 Å². The number of carbonyl (C=O) groups is 1. The van der Waals surface area contributed by atoms with Crippen LogP contribution in [0.4, 0.5) is 0 Å². The molecule has 0 atom stereocenters. The predicted molar refractivity (Wildman–Crippen MR) is 88.1 cm³/mol. The van der Waals surface area contributed by atoms with Crippen LogP contribution in [0.1, 0.15) is 21.5 Å². The van der Waals surface area contributed by atoms with Gasteiger partial charge in [-0.2, -0.15) is 0 Å². The highest BCUT2D eigenvalue weighted by molar-refractivity contribution is 5.94. The zero-order valence-corrected chi connectivity index (χ0v) is 12.5. The molecule has 0 aliphatic heterocycles. The number of aromatic nitrogens is 1. The van der Waals surface area contributed by atoms with Gasteiger partial charge in [0, 0.05) is 30.2 Å². The van der Waals surface area contributed by atoms with Crippen LogP contribution >= 0.6 is 0 Å². The molecule has 1 aromatic heterocycles. The van der Waals surface area contributed by atoms with Crippen molar-refractivity contribution < 1.29 is 4.79 Å². The molecule has 1 heterocycles. The number of rotatable bonds is 4. The molecule has 0 fully saturated rings. The lowest BCUT2D eigenvalue weighted by atomic mass is 10.1. The molecule has 110 valence electrons. The lowest BCUT2D eigenvalue weighted by Crippen LogP contribution is -2.23. The first-order chi connectivity index (χ1) is 10.7. The van der Waals surface area contributed by atoms with Gasteiger partial charge in [-0.3, -0.25) is 4.79 Å². The standard InChI is InChI=1S/C19H18N2O/c1-15-9-10-17(13-18(15)21-11-5-6-12-21)19(22)20-14-16-7-3-2-4-8-16/h2-13H,14H2,1H3,(H,20,22). The number of benzene rings is 2. The summed E-state index contributed by atoms with van der Waals surface area (Å²) in [6.07, 6.45) is 3.96. The summed E-state index contributed by atoms with van der Waals surface area (Å²) >= 11 is 0. The summed E-state index contributed by atoms with van der Waals surface area (Å²) in [6, 6.07) is 19.6. The van der Waals surface area contributed by atoms with Gasteiger partial charge in [0.05, 0.1) is 0 Å². The Bertz CT molecular complexity index is 761. The lowest BCUT2D eigenvalue weighted by molar-refractivity contribution is 0.0951. The van der Waals surface area contributed by atoms with Crippen molar-refractivity contribution in [3.05, 3.63) is 89.7 Å². The van der Waals surface area contributed by atoms with E-state index in [1.165, 1.54) is 0 Å². The van der Waals surface area contributed by atoms with Crippen LogP contribution in [0.15, 0.2) is 73.1 Å². The number of carbonyl (C=O) groups excluding carboxylic acids is 1. The third-order valence-corrected chi connectivity index (χ3v) is 3.65. The van der Waals surface area contributed by atoms with Crippen LogP contribution in [0.25, 0.3) is 5.69 Å². The summed E-state index contributed by atoms with van der Waals surface area (Å²) in [5.41, 5.74) is 3.92. The minimum atomic E-state index is -0.0581. The Morgan fingerprint density at radius 3 is 2.45 bits per heavy atom. The molecule has 0 aliphatic rings. The quantitative estimate of drug-likeness (QED) is 0.780. The van der Waals surface area contributed by atoms with E-state index in [1.807, 2.05) is 84.5 Å². The van der Waals surface area contributed by atoms with Crippen molar-refractivity contribution >= 4 is 5.91 Å². The molecule has 0 radical (unpaired) electrons. The SMILES string of the molecule is Cc1ccc(C(=O)NCc2ccccc2)cc1-n1cccc1. The molecule has 2 aromatic carbocycles. The van der Waals surface area contributed by atoms with Gasteiger partial charge < -0.3 is 9.88 Å². The Labute approximate surface area is 130 Å². The van der Waals surface area contributed by atoms with Gasteiger partial charge in [-0.25, -0.2) is 0 Å². The highest BCUT2D eigenvalue weighted by Crippen LogP contribution is 2.16. The van der Waals surface area contributed by atoms with Crippen LogP contribution in [-0.2, 0) is 6.54 Å². The van der Waals surface area contributed by atoms with E-state index >= 15 is 0 Å². The van der Waals surface area contributed by atoms with Crippen LogP contribution in [0.5, 0.6) is 0 Å². The molecule has 1 amide bonds. The van der Waals surface area contributed by atoms with Crippen molar-refractivity contribution in [1.29, 1.82) is 0 Å². The fraction of sp³-hybridized carbons (Fsp3) is 0.105. The van der Waals surface area contributed by atoms with E-state index in [-0.39, 0.29) is 5.91 Å². The minimum absolute atomic E-state index is 0.0581. The molecule has 0 saturated heterocycles. The first-order valence-corrected chi connectivity index (χ1v) is 7.30. The van der Waals surface area contributed by atoms with Gasteiger partial charge in [-0.1, -0.05) is 36.4 Å². The highest BCUT2D eigenvalue weighted by Gasteiger charge is 2.08. The molecule has 3 heteroatoms. The monoisotopic (exact) mass is 290 g/mol. The first-order valence-electron chi connectivity index (χ1n) is 7.30. The largest absolute Gasteiger partial charge is 0.348 e. The summed E-state index contributed by atoms with van der Waals surface area (Å²) in [5.74, 6) is -0.0581. The van der Waals surface area contributed by atoms with Gasteiger partial charge in [0.15, 0.2) is 0 Å². The maximum atomic E-state index is 12.3. The van der Waals surface area contributed by atoms with Crippen molar-refractivity contribution in [2.75, 3.05) is 0 Å². The van der Waals surface area contributed by atoms with Crippen LogP contribution in [0.3, 0.4) is 0 Å². The Morgan fingerprint density at radius 1 is 1.00 bits per heavy atom. The second kappa shape index (κ2) is 6.31.